The number of carbonyl (C=O) groups excluding carboxylic acids is 1. The number of hydrogen-bond donors (Lipinski definition) is 1. The van der Waals surface area contributed by atoms with Crippen LogP contribution in [0, 0.1) is 0 Å². The first kappa shape index (κ1) is 17.9. The van der Waals surface area contributed by atoms with Gasteiger partial charge in [-0.2, -0.15) is 5.10 Å². The molecular weight excluding hydrogens is 388 g/mol. The van der Waals surface area contributed by atoms with Crippen LogP contribution in [0.1, 0.15) is 31.5 Å². The van der Waals surface area contributed by atoms with Crippen molar-refractivity contribution in [3.63, 3.8) is 0 Å². The Morgan fingerprint density at radius 3 is 2.76 bits per heavy atom. The van der Waals surface area contributed by atoms with Crippen molar-refractivity contribution in [1.29, 1.82) is 0 Å². The molecule has 1 aliphatic heterocycles. The maximum Gasteiger partial charge on any atom is 0.342 e. The van der Waals surface area contributed by atoms with Crippen molar-refractivity contribution in [2.45, 2.75) is 38.7 Å². The molecule has 2 aromatic rings. The second-order valence-corrected chi connectivity index (χ2v) is 7.00. The predicted octanol–water partition coefficient (Wildman–Crippen LogP) is 2.82. The summed E-state index contributed by atoms with van der Waals surface area (Å²) in [5.41, 5.74) is 0.803. The minimum atomic E-state index is -1.67. The highest BCUT2D eigenvalue weighted by Gasteiger charge is 2.45. The molecule has 7 heteroatoms. The molecule has 0 bridgehead atoms. The zero-order chi connectivity index (χ0) is 18.0. The molecule has 1 aliphatic rings. The van der Waals surface area contributed by atoms with Gasteiger partial charge in [-0.05, 0) is 37.6 Å². The van der Waals surface area contributed by atoms with Crippen molar-refractivity contribution < 1.29 is 19.4 Å². The molecular formula is C18H21BrN2O4. The van der Waals surface area contributed by atoms with Gasteiger partial charge in [-0.1, -0.05) is 29.3 Å². The number of aryl methyl sites for hydroxylation is 1. The monoisotopic (exact) mass is 408 g/mol. The van der Waals surface area contributed by atoms with E-state index in [0.29, 0.717) is 5.88 Å². The number of nitrogens with zero attached hydrogens (tertiary/aromatic N) is 2. The molecule has 0 radical (unpaired) electrons. The number of benzene rings is 1. The summed E-state index contributed by atoms with van der Waals surface area (Å²) in [7, 11) is 0. The third-order valence-electron chi connectivity index (χ3n) is 4.15. The fourth-order valence-corrected chi connectivity index (χ4v) is 3.19. The van der Waals surface area contributed by atoms with Crippen LogP contribution in [0.5, 0.6) is 5.88 Å². The Kier molecular flexibility index (Phi) is 5.15. The molecule has 134 valence electrons. The summed E-state index contributed by atoms with van der Waals surface area (Å²) in [6.45, 7) is 3.84. The lowest BCUT2D eigenvalue weighted by molar-refractivity contribution is -0.169. The molecule has 0 amide bonds. The predicted molar refractivity (Wildman–Crippen MR) is 96.0 cm³/mol. The molecule has 0 spiro atoms. The molecule has 0 saturated carbocycles. The zero-order valence-electron chi connectivity index (χ0n) is 14.3. The number of hydrogen-bond acceptors (Lipinski definition) is 5. The molecule has 2 heterocycles. The van der Waals surface area contributed by atoms with Crippen LogP contribution in [0.4, 0.5) is 0 Å². The number of carbonyl (C=O) groups is 1. The normalized spacial score (nSPS) is 19.2. The van der Waals surface area contributed by atoms with Crippen LogP contribution in [0.3, 0.4) is 0 Å². The summed E-state index contributed by atoms with van der Waals surface area (Å²) in [5, 5.41) is 15.3. The van der Waals surface area contributed by atoms with Gasteiger partial charge in [-0.25, -0.2) is 9.48 Å². The lowest BCUT2D eigenvalue weighted by Crippen LogP contribution is -2.50. The van der Waals surface area contributed by atoms with Crippen molar-refractivity contribution in [3.8, 4) is 11.6 Å². The van der Waals surface area contributed by atoms with Crippen molar-refractivity contribution in [2.24, 2.45) is 0 Å². The highest BCUT2D eigenvalue weighted by atomic mass is 79.9. The molecule has 1 N–H and O–H groups in total. The van der Waals surface area contributed by atoms with Gasteiger partial charge in [0.1, 0.15) is 6.61 Å². The number of aromatic nitrogens is 2. The molecule has 1 aromatic heterocycles. The van der Waals surface area contributed by atoms with Crippen molar-refractivity contribution in [2.75, 3.05) is 13.2 Å². The van der Waals surface area contributed by atoms with Crippen LogP contribution >= 0.6 is 15.9 Å². The lowest BCUT2D eigenvalue weighted by atomic mass is 9.92. The standard InChI is InChI=1S/C18H21BrN2O4/c1-3-5-15-14-10-18(23,17(22)24-4-2)11-25-16(14)21(20-15)13-8-6-12(19)7-9-13/h6-9,23H,3-5,10-11H2,1-2H3. The summed E-state index contributed by atoms with van der Waals surface area (Å²) in [4.78, 5) is 12.1. The number of halogens is 1. The molecule has 25 heavy (non-hydrogen) atoms. The topological polar surface area (TPSA) is 73.6 Å². The van der Waals surface area contributed by atoms with E-state index in [0.717, 1.165) is 34.3 Å². The van der Waals surface area contributed by atoms with Gasteiger partial charge >= 0.3 is 5.97 Å². The fraction of sp³-hybridized carbons (Fsp3) is 0.444. The highest BCUT2D eigenvalue weighted by Crippen LogP contribution is 2.35. The second-order valence-electron chi connectivity index (χ2n) is 6.09. The fourth-order valence-electron chi connectivity index (χ4n) is 2.93. The van der Waals surface area contributed by atoms with E-state index < -0.39 is 11.6 Å². The van der Waals surface area contributed by atoms with Crippen molar-refractivity contribution in [3.05, 3.63) is 40.0 Å². The van der Waals surface area contributed by atoms with Gasteiger partial charge in [-0.3, -0.25) is 0 Å². The molecule has 3 rings (SSSR count). The number of rotatable bonds is 5. The summed E-state index contributed by atoms with van der Waals surface area (Å²) >= 11 is 3.42. The van der Waals surface area contributed by atoms with E-state index in [1.54, 1.807) is 11.6 Å². The van der Waals surface area contributed by atoms with Crippen LogP contribution < -0.4 is 4.74 Å². The van der Waals surface area contributed by atoms with E-state index in [4.69, 9.17) is 9.47 Å². The number of fused-ring (bicyclic) bond motifs is 1. The van der Waals surface area contributed by atoms with Gasteiger partial charge in [0.25, 0.3) is 0 Å². The third kappa shape index (κ3) is 3.43. The number of esters is 1. The van der Waals surface area contributed by atoms with Crippen molar-refractivity contribution >= 4 is 21.9 Å². The summed E-state index contributed by atoms with van der Waals surface area (Å²) < 4.78 is 13.5. The molecule has 1 unspecified atom stereocenters. The third-order valence-corrected chi connectivity index (χ3v) is 4.68. The summed E-state index contributed by atoms with van der Waals surface area (Å²) in [5.74, 6) is -0.0702. The molecule has 0 saturated heterocycles. The smallest absolute Gasteiger partial charge is 0.342 e. The Morgan fingerprint density at radius 2 is 2.12 bits per heavy atom. The summed E-state index contributed by atoms with van der Waals surface area (Å²) in [6, 6.07) is 7.73. The molecule has 0 fully saturated rings. The maximum atomic E-state index is 12.1. The van der Waals surface area contributed by atoms with Gasteiger partial charge in [0.2, 0.25) is 11.5 Å². The van der Waals surface area contributed by atoms with Crippen molar-refractivity contribution in [1.82, 2.24) is 9.78 Å². The average molecular weight is 409 g/mol. The Labute approximate surface area is 154 Å². The molecule has 1 aromatic carbocycles. The minimum Gasteiger partial charge on any atom is -0.474 e. The molecule has 1 atom stereocenters. The number of aliphatic hydroxyl groups is 1. The van der Waals surface area contributed by atoms with Crippen LogP contribution in [0.25, 0.3) is 5.69 Å². The van der Waals surface area contributed by atoms with E-state index >= 15 is 0 Å². The Bertz CT molecular complexity index is 772. The van der Waals surface area contributed by atoms with Crippen LogP contribution in [-0.2, 0) is 22.4 Å². The molecule has 6 nitrogen and oxygen atoms in total. The van der Waals surface area contributed by atoms with Gasteiger partial charge in [0.05, 0.1) is 18.0 Å². The average Bonchev–Trinajstić information content (AvgIpc) is 2.94. The van der Waals surface area contributed by atoms with E-state index in [-0.39, 0.29) is 19.6 Å². The molecule has 0 aliphatic carbocycles. The SMILES string of the molecule is CCCc1nn(-c2ccc(Br)cc2)c2c1CC(O)(C(=O)OCC)CO2. The first-order valence-corrected chi connectivity index (χ1v) is 9.17. The van der Waals surface area contributed by atoms with Gasteiger partial charge in [0.15, 0.2) is 0 Å². The first-order valence-electron chi connectivity index (χ1n) is 8.37. The highest BCUT2D eigenvalue weighted by molar-refractivity contribution is 9.10. The second kappa shape index (κ2) is 7.17. The van der Waals surface area contributed by atoms with Gasteiger partial charge < -0.3 is 14.6 Å². The zero-order valence-corrected chi connectivity index (χ0v) is 15.9. The lowest BCUT2D eigenvalue weighted by Gasteiger charge is -2.30. The van der Waals surface area contributed by atoms with Crippen LogP contribution in [-0.4, -0.2) is 39.7 Å². The van der Waals surface area contributed by atoms with E-state index in [1.807, 2.05) is 24.3 Å². The minimum absolute atomic E-state index is 0.146. The Balaban J connectivity index is 2.01. The quantitative estimate of drug-likeness (QED) is 0.769. The largest absolute Gasteiger partial charge is 0.474 e. The first-order chi connectivity index (χ1) is 12.0. The Hall–Kier alpha value is -1.86. The van der Waals surface area contributed by atoms with Gasteiger partial charge in [-0.15, -0.1) is 0 Å². The summed E-state index contributed by atoms with van der Waals surface area (Å²) in [6.07, 6.45) is 1.79. The van der Waals surface area contributed by atoms with E-state index in [1.165, 1.54) is 0 Å². The maximum absolute atomic E-state index is 12.1. The van der Waals surface area contributed by atoms with Gasteiger partial charge in [0, 0.05) is 16.5 Å². The van der Waals surface area contributed by atoms with E-state index in [9.17, 15) is 9.90 Å². The van der Waals surface area contributed by atoms with E-state index in [2.05, 4.69) is 28.0 Å². The van der Waals surface area contributed by atoms with Crippen LogP contribution in [0.2, 0.25) is 0 Å². The Morgan fingerprint density at radius 1 is 1.40 bits per heavy atom. The van der Waals surface area contributed by atoms with Crippen LogP contribution in [0.15, 0.2) is 28.7 Å². The number of ether oxygens (including phenoxy) is 2.